The van der Waals surface area contributed by atoms with E-state index in [-0.39, 0.29) is 23.8 Å². The van der Waals surface area contributed by atoms with Gasteiger partial charge in [0.05, 0.1) is 4.92 Å². The number of aryl methyl sites for hydroxylation is 1. The van der Waals surface area contributed by atoms with E-state index in [1.165, 1.54) is 24.3 Å². The van der Waals surface area contributed by atoms with Crippen molar-refractivity contribution >= 4 is 11.4 Å². The minimum atomic E-state index is -0.541. The predicted molar refractivity (Wildman–Crippen MR) is 73.0 cm³/mol. The first kappa shape index (κ1) is 13.8. The quantitative estimate of drug-likeness (QED) is 0.528. The average molecular weight is 276 g/mol. The number of rotatable bonds is 4. The minimum Gasteiger partial charge on any atom is -0.489 e. The highest BCUT2D eigenvalue weighted by atomic mass is 19.1. The Hall–Kier alpha value is -2.63. The molecule has 0 aliphatic heterocycles. The van der Waals surface area contributed by atoms with Gasteiger partial charge in [0.2, 0.25) is 0 Å². The van der Waals surface area contributed by atoms with Crippen molar-refractivity contribution in [2.45, 2.75) is 13.5 Å². The summed E-state index contributed by atoms with van der Waals surface area (Å²) in [6.45, 7) is 1.78. The van der Waals surface area contributed by atoms with Crippen molar-refractivity contribution < 1.29 is 14.1 Å². The highest BCUT2D eigenvalue weighted by Crippen LogP contribution is 2.23. The topological polar surface area (TPSA) is 78.4 Å². The van der Waals surface area contributed by atoms with E-state index < -0.39 is 4.92 Å². The van der Waals surface area contributed by atoms with Gasteiger partial charge in [-0.2, -0.15) is 0 Å². The van der Waals surface area contributed by atoms with Crippen molar-refractivity contribution in [2.75, 3.05) is 5.73 Å². The third-order valence-corrected chi connectivity index (χ3v) is 2.83. The molecule has 0 bridgehead atoms. The van der Waals surface area contributed by atoms with Crippen LogP contribution >= 0.6 is 0 Å². The zero-order valence-corrected chi connectivity index (χ0v) is 10.8. The van der Waals surface area contributed by atoms with Crippen LogP contribution in [-0.2, 0) is 6.61 Å². The minimum absolute atomic E-state index is 0.108. The van der Waals surface area contributed by atoms with Crippen molar-refractivity contribution in [3.8, 4) is 5.75 Å². The molecule has 2 aromatic carbocycles. The second-order valence-corrected chi connectivity index (χ2v) is 4.35. The predicted octanol–water partition coefficient (Wildman–Crippen LogP) is 3.20. The number of halogens is 1. The van der Waals surface area contributed by atoms with Crippen LogP contribution in [0.5, 0.6) is 5.75 Å². The Kier molecular flexibility index (Phi) is 3.84. The van der Waals surface area contributed by atoms with Crippen LogP contribution in [0, 0.1) is 22.9 Å². The number of hydrogen-bond donors (Lipinski definition) is 1. The van der Waals surface area contributed by atoms with Crippen LogP contribution in [0.3, 0.4) is 0 Å². The molecule has 0 unspecified atom stereocenters. The smallest absolute Gasteiger partial charge is 0.292 e. The van der Waals surface area contributed by atoms with E-state index in [0.717, 1.165) is 0 Å². The van der Waals surface area contributed by atoms with Gasteiger partial charge in [-0.3, -0.25) is 10.1 Å². The molecule has 0 heterocycles. The first-order chi connectivity index (χ1) is 9.47. The van der Waals surface area contributed by atoms with Gasteiger partial charge in [-0.05, 0) is 42.3 Å². The molecule has 0 radical (unpaired) electrons. The monoisotopic (exact) mass is 276 g/mol. The Morgan fingerprint density at radius 2 is 2.05 bits per heavy atom. The third kappa shape index (κ3) is 3.03. The summed E-state index contributed by atoms with van der Waals surface area (Å²) in [5, 5.41) is 10.8. The number of anilines is 1. The number of nitrogens with zero attached hydrogens (tertiary/aromatic N) is 1. The van der Waals surface area contributed by atoms with Gasteiger partial charge in [-0.1, -0.05) is 6.07 Å². The van der Waals surface area contributed by atoms with E-state index in [2.05, 4.69) is 0 Å². The average Bonchev–Trinajstić information content (AvgIpc) is 2.41. The lowest BCUT2D eigenvalue weighted by molar-refractivity contribution is -0.384. The lowest BCUT2D eigenvalue weighted by atomic mass is 10.2. The maximum absolute atomic E-state index is 13.1. The highest BCUT2D eigenvalue weighted by molar-refractivity contribution is 5.59. The van der Waals surface area contributed by atoms with Gasteiger partial charge in [0.1, 0.15) is 23.9 Å². The number of benzene rings is 2. The molecular weight excluding hydrogens is 263 g/mol. The first-order valence-corrected chi connectivity index (χ1v) is 5.89. The Morgan fingerprint density at radius 1 is 1.30 bits per heavy atom. The summed E-state index contributed by atoms with van der Waals surface area (Å²) in [4.78, 5) is 10.2. The highest BCUT2D eigenvalue weighted by Gasteiger charge is 2.12. The molecule has 0 fully saturated rings. The van der Waals surface area contributed by atoms with E-state index >= 15 is 0 Å². The molecule has 0 spiro atoms. The molecule has 0 saturated carbocycles. The maximum Gasteiger partial charge on any atom is 0.292 e. The van der Waals surface area contributed by atoms with Gasteiger partial charge in [-0.25, -0.2) is 4.39 Å². The number of hydrogen-bond acceptors (Lipinski definition) is 4. The Bertz CT molecular complexity index is 659. The van der Waals surface area contributed by atoms with Crippen LogP contribution in [0.4, 0.5) is 15.8 Å². The molecule has 0 aromatic heterocycles. The van der Waals surface area contributed by atoms with Crippen molar-refractivity contribution in [2.24, 2.45) is 0 Å². The largest absolute Gasteiger partial charge is 0.489 e. The summed E-state index contributed by atoms with van der Waals surface area (Å²) >= 11 is 0. The van der Waals surface area contributed by atoms with Crippen molar-refractivity contribution in [1.29, 1.82) is 0 Å². The molecule has 0 aliphatic rings. The Morgan fingerprint density at radius 3 is 2.70 bits per heavy atom. The molecule has 2 rings (SSSR count). The van der Waals surface area contributed by atoms with E-state index in [4.69, 9.17) is 10.5 Å². The molecule has 0 saturated heterocycles. The fourth-order valence-electron chi connectivity index (χ4n) is 1.71. The van der Waals surface area contributed by atoms with E-state index in [9.17, 15) is 14.5 Å². The van der Waals surface area contributed by atoms with E-state index in [0.29, 0.717) is 16.9 Å². The molecule has 0 atom stereocenters. The Labute approximate surface area is 114 Å². The Balaban J connectivity index is 2.12. The molecule has 5 nitrogen and oxygen atoms in total. The summed E-state index contributed by atoms with van der Waals surface area (Å²) in [7, 11) is 0. The fourth-order valence-corrected chi connectivity index (χ4v) is 1.71. The molecule has 0 aliphatic carbocycles. The van der Waals surface area contributed by atoms with Gasteiger partial charge in [-0.15, -0.1) is 0 Å². The van der Waals surface area contributed by atoms with Crippen LogP contribution in [0.2, 0.25) is 0 Å². The zero-order valence-electron chi connectivity index (χ0n) is 10.8. The summed E-state index contributed by atoms with van der Waals surface area (Å²) in [5.41, 5.74) is 6.56. The molecule has 20 heavy (non-hydrogen) atoms. The molecule has 0 amide bonds. The van der Waals surface area contributed by atoms with Gasteiger partial charge < -0.3 is 10.5 Å². The second kappa shape index (κ2) is 5.56. The van der Waals surface area contributed by atoms with Crippen LogP contribution < -0.4 is 10.5 Å². The normalized spacial score (nSPS) is 10.3. The standard InChI is InChI=1S/C14H13FN2O3/c1-9-6-11(3-4-12(9)15)20-8-10-2-5-13(16)14(7-10)17(18)19/h2-7H,8,16H2,1H3. The number of nitrogen functional groups attached to an aromatic ring is 1. The maximum atomic E-state index is 13.1. The number of nitrogens with two attached hydrogens (primary N) is 1. The second-order valence-electron chi connectivity index (χ2n) is 4.35. The number of ether oxygens (including phenoxy) is 1. The molecule has 6 heteroatoms. The van der Waals surface area contributed by atoms with Crippen LogP contribution in [0.15, 0.2) is 36.4 Å². The van der Waals surface area contributed by atoms with Crippen LogP contribution in [0.1, 0.15) is 11.1 Å². The summed E-state index contributed by atoms with van der Waals surface area (Å²) in [5.74, 6) is 0.198. The van der Waals surface area contributed by atoms with Crippen molar-refractivity contribution in [1.82, 2.24) is 0 Å². The van der Waals surface area contributed by atoms with Crippen LogP contribution in [0.25, 0.3) is 0 Å². The van der Waals surface area contributed by atoms with Crippen molar-refractivity contribution in [3.63, 3.8) is 0 Å². The number of nitro groups is 1. The van der Waals surface area contributed by atoms with E-state index in [1.807, 2.05) is 0 Å². The third-order valence-electron chi connectivity index (χ3n) is 2.83. The molecular formula is C14H13FN2O3. The van der Waals surface area contributed by atoms with Crippen LogP contribution in [-0.4, -0.2) is 4.92 Å². The fraction of sp³-hybridized carbons (Fsp3) is 0.143. The summed E-state index contributed by atoms with van der Waals surface area (Å²) in [6, 6.07) is 8.88. The van der Waals surface area contributed by atoms with Gasteiger partial charge in [0, 0.05) is 6.07 Å². The lowest BCUT2D eigenvalue weighted by Gasteiger charge is -2.08. The lowest BCUT2D eigenvalue weighted by Crippen LogP contribution is -2.00. The summed E-state index contributed by atoms with van der Waals surface area (Å²) in [6.07, 6.45) is 0. The molecule has 2 aromatic rings. The zero-order chi connectivity index (χ0) is 14.7. The van der Waals surface area contributed by atoms with E-state index in [1.54, 1.807) is 19.1 Å². The summed E-state index contributed by atoms with van der Waals surface area (Å²) < 4.78 is 18.6. The first-order valence-electron chi connectivity index (χ1n) is 5.89. The van der Waals surface area contributed by atoms with Crippen molar-refractivity contribution in [3.05, 3.63) is 63.5 Å². The van der Waals surface area contributed by atoms with Gasteiger partial charge >= 0.3 is 0 Å². The molecule has 2 N–H and O–H groups in total. The van der Waals surface area contributed by atoms with Gasteiger partial charge in [0.15, 0.2) is 0 Å². The SMILES string of the molecule is Cc1cc(OCc2ccc(N)c([N+](=O)[O-])c2)ccc1F. The van der Waals surface area contributed by atoms with Gasteiger partial charge in [0.25, 0.3) is 5.69 Å². The number of nitro benzene ring substituents is 1. The molecule has 104 valence electrons.